The van der Waals surface area contributed by atoms with Gasteiger partial charge in [-0.25, -0.2) is 9.50 Å². The highest BCUT2D eigenvalue weighted by atomic mass is 15.3. The van der Waals surface area contributed by atoms with E-state index >= 15 is 0 Å². The van der Waals surface area contributed by atoms with Crippen LogP contribution in [0, 0.1) is 13.8 Å². The van der Waals surface area contributed by atoms with Crippen LogP contribution < -0.4 is 0 Å². The normalized spacial score (nSPS) is 11.3. The Hall–Kier alpha value is -3.02. The summed E-state index contributed by atoms with van der Waals surface area (Å²) in [6.45, 7) is 4.22. The van der Waals surface area contributed by atoms with E-state index in [1.54, 1.807) is 21.6 Å². The molecule has 0 spiro atoms. The van der Waals surface area contributed by atoms with Crippen LogP contribution in [-0.2, 0) is 13.5 Å². The molecule has 0 fully saturated rings. The Bertz CT molecular complexity index is 1010. The molecule has 0 atom stereocenters. The molecule has 6 heteroatoms. The fourth-order valence-electron chi connectivity index (χ4n) is 3.04. The van der Waals surface area contributed by atoms with Crippen LogP contribution in [0.1, 0.15) is 22.5 Å². The number of hydrogen-bond donors (Lipinski definition) is 0. The van der Waals surface area contributed by atoms with Crippen molar-refractivity contribution in [2.24, 2.45) is 7.05 Å². The molecular formula is C18H18N6. The quantitative estimate of drug-likeness (QED) is 0.583. The lowest BCUT2D eigenvalue weighted by Crippen LogP contribution is -1.94. The minimum Gasteiger partial charge on any atom is -0.275 e. The first-order valence-electron chi connectivity index (χ1n) is 7.85. The van der Waals surface area contributed by atoms with Crippen molar-refractivity contribution in [3.8, 4) is 11.3 Å². The van der Waals surface area contributed by atoms with Gasteiger partial charge in [0.05, 0.1) is 6.20 Å². The maximum Gasteiger partial charge on any atom is 0.182 e. The summed E-state index contributed by atoms with van der Waals surface area (Å²) in [6, 6.07) is 6.53. The number of fused-ring (bicyclic) bond motifs is 1. The predicted octanol–water partition coefficient (Wildman–Crippen LogP) is 2.73. The van der Waals surface area contributed by atoms with Gasteiger partial charge in [0.1, 0.15) is 5.69 Å². The van der Waals surface area contributed by atoms with E-state index in [4.69, 9.17) is 4.98 Å². The van der Waals surface area contributed by atoms with Crippen molar-refractivity contribution >= 4 is 5.65 Å². The van der Waals surface area contributed by atoms with Gasteiger partial charge < -0.3 is 0 Å². The van der Waals surface area contributed by atoms with Crippen molar-refractivity contribution < 1.29 is 0 Å². The SMILES string of the molecule is Cc1cc(C)cc(Cc2nc3c(-c4cnn(C)c4)nccn3n2)c1. The lowest BCUT2D eigenvalue weighted by molar-refractivity contribution is 0.768. The number of aromatic nitrogens is 6. The van der Waals surface area contributed by atoms with Gasteiger partial charge in [-0.05, 0) is 19.4 Å². The Morgan fingerprint density at radius 2 is 1.88 bits per heavy atom. The minimum absolute atomic E-state index is 0.705. The van der Waals surface area contributed by atoms with E-state index in [0.717, 1.165) is 22.7 Å². The maximum atomic E-state index is 4.71. The fraction of sp³-hybridized carbons (Fsp3) is 0.222. The van der Waals surface area contributed by atoms with E-state index in [9.17, 15) is 0 Å². The van der Waals surface area contributed by atoms with Crippen molar-refractivity contribution in [1.82, 2.24) is 29.4 Å². The van der Waals surface area contributed by atoms with E-state index in [2.05, 4.69) is 47.2 Å². The second kappa shape index (κ2) is 5.56. The number of nitrogens with zero attached hydrogens (tertiary/aromatic N) is 6. The molecule has 0 saturated heterocycles. The first-order chi connectivity index (χ1) is 11.6. The third-order valence-corrected chi connectivity index (χ3v) is 3.92. The zero-order valence-electron chi connectivity index (χ0n) is 13.9. The van der Waals surface area contributed by atoms with Crippen molar-refractivity contribution in [3.05, 3.63) is 65.5 Å². The molecule has 0 saturated carbocycles. The number of rotatable bonds is 3. The van der Waals surface area contributed by atoms with E-state index < -0.39 is 0 Å². The molecule has 4 rings (SSSR count). The molecule has 4 aromatic rings. The van der Waals surface area contributed by atoms with E-state index in [-0.39, 0.29) is 0 Å². The molecule has 6 nitrogen and oxygen atoms in total. The summed E-state index contributed by atoms with van der Waals surface area (Å²) in [5.74, 6) is 0.790. The van der Waals surface area contributed by atoms with Gasteiger partial charge in [0.25, 0.3) is 0 Å². The number of aryl methyl sites for hydroxylation is 3. The molecule has 0 radical (unpaired) electrons. The van der Waals surface area contributed by atoms with Crippen LogP contribution in [0.15, 0.2) is 43.0 Å². The highest BCUT2D eigenvalue weighted by Crippen LogP contribution is 2.21. The smallest absolute Gasteiger partial charge is 0.182 e. The number of hydrogen-bond acceptors (Lipinski definition) is 4. The molecule has 0 N–H and O–H groups in total. The topological polar surface area (TPSA) is 60.9 Å². The molecule has 0 unspecified atom stereocenters. The average molecular weight is 318 g/mol. The summed E-state index contributed by atoms with van der Waals surface area (Å²) in [7, 11) is 1.89. The molecule has 3 aromatic heterocycles. The van der Waals surface area contributed by atoms with E-state index in [0.29, 0.717) is 6.42 Å². The number of benzene rings is 1. The highest BCUT2D eigenvalue weighted by Gasteiger charge is 2.13. The standard InChI is InChI=1S/C18H18N6/c1-12-6-13(2)8-14(7-12)9-16-21-18-17(15-10-20-23(3)11-15)19-4-5-24(18)22-16/h4-8,10-11H,9H2,1-3H3. The fourth-order valence-corrected chi connectivity index (χ4v) is 3.04. The average Bonchev–Trinajstić information content (AvgIpc) is 3.11. The van der Waals surface area contributed by atoms with Crippen LogP contribution in [-0.4, -0.2) is 29.4 Å². The van der Waals surface area contributed by atoms with Crippen LogP contribution in [0.2, 0.25) is 0 Å². The zero-order chi connectivity index (χ0) is 16.7. The van der Waals surface area contributed by atoms with Gasteiger partial charge in [-0.2, -0.15) is 10.2 Å². The molecule has 1 aromatic carbocycles. The Morgan fingerprint density at radius 3 is 2.58 bits per heavy atom. The van der Waals surface area contributed by atoms with E-state index in [1.165, 1.54) is 16.7 Å². The second-order valence-electron chi connectivity index (χ2n) is 6.15. The lowest BCUT2D eigenvalue weighted by atomic mass is 10.1. The Labute approximate surface area is 139 Å². The summed E-state index contributed by atoms with van der Waals surface area (Å²) in [5, 5.41) is 8.81. The van der Waals surface area contributed by atoms with Gasteiger partial charge in [-0.1, -0.05) is 29.3 Å². The first-order valence-corrected chi connectivity index (χ1v) is 7.85. The van der Waals surface area contributed by atoms with Gasteiger partial charge in [0.15, 0.2) is 11.5 Å². The van der Waals surface area contributed by atoms with Crippen LogP contribution in [0.25, 0.3) is 16.9 Å². The minimum atomic E-state index is 0.705. The lowest BCUT2D eigenvalue weighted by Gasteiger charge is -2.02. The van der Waals surface area contributed by atoms with Crippen molar-refractivity contribution in [1.29, 1.82) is 0 Å². The summed E-state index contributed by atoms with van der Waals surface area (Å²) in [4.78, 5) is 9.17. The third kappa shape index (κ3) is 2.67. The van der Waals surface area contributed by atoms with Crippen LogP contribution in [0.3, 0.4) is 0 Å². The van der Waals surface area contributed by atoms with Crippen LogP contribution >= 0.6 is 0 Å². The molecule has 3 heterocycles. The maximum absolute atomic E-state index is 4.71. The summed E-state index contributed by atoms with van der Waals surface area (Å²) in [5.41, 5.74) is 6.22. The monoisotopic (exact) mass is 318 g/mol. The molecule has 0 aliphatic carbocycles. The zero-order valence-corrected chi connectivity index (χ0v) is 13.9. The Kier molecular flexibility index (Phi) is 3.37. The largest absolute Gasteiger partial charge is 0.275 e. The Morgan fingerprint density at radius 1 is 1.08 bits per heavy atom. The van der Waals surface area contributed by atoms with Gasteiger partial charge in [0.2, 0.25) is 0 Å². The molecule has 24 heavy (non-hydrogen) atoms. The second-order valence-corrected chi connectivity index (χ2v) is 6.15. The van der Waals surface area contributed by atoms with Crippen LogP contribution in [0.5, 0.6) is 0 Å². The van der Waals surface area contributed by atoms with Gasteiger partial charge in [-0.3, -0.25) is 9.67 Å². The molecule has 0 amide bonds. The van der Waals surface area contributed by atoms with Crippen molar-refractivity contribution in [2.45, 2.75) is 20.3 Å². The molecule has 0 aliphatic heterocycles. The van der Waals surface area contributed by atoms with Gasteiger partial charge in [-0.15, -0.1) is 0 Å². The van der Waals surface area contributed by atoms with Gasteiger partial charge in [0, 0.05) is 37.6 Å². The molecule has 0 bridgehead atoms. The summed E-state index contributed by atoms with van der Waals surface area (Å²) in [6.07, 6.45) is 8.00. The predicted molar refractivity (Wildman–Crippen MR) is 91.7 cm³/mol. The Balaban J connectivity index is 1.76. The third-order valence-electron chi connectivity index (χ3n) is 3.92. The molecule has 120 valence electrons. The van der Waals surface area contributed by atoms with Gasteiger partial charge >= 0.3 is 0 Å². The highest BCUT2D eigenvalue weighted by molar-refractivity contribution is 5.72. The van der Waals surface area contributed by atoms with Crippen molar-refractivity contribution in [2.75, 3.05) is 0 Å². The van der Waals surface area contributed by atoms with Crippen molar-refractivity contribution in [3.63, 3.8) is 0 Å². The first kappa shape index (κ1) is 14.6. The van der Waals surface area contributed by atoms with E-state index in [1.807, 2.05) is 19.4 Å². The molecule has 0 aliphatic rings. The molecular weight excluding hydrogens is 300 g/mol. The van der Waals surface area contributed by atoms with Crippen LogP contribution in [0.4, 0.5) is 0 Å². The summed E-state index contributed by atoms with van der Waals surface area (Å²) >= 11 is 0. The summed E-state index contributed by atoms with van der Waals surface area (Å²) < 4.78 is 3.54.